The van der Waals surface area contributed by atoms with Gasteiger partial charge in [0.15, 0.2) is 0 Å². The molecule has 1 heterocycles. The number of methoxy groups -OCH3 is 2. The van der Waals surface area contributed by atoms with Crippen LogP contribution in [0, 0.1) is 0 Å². The first-order valence-corrected chi connectivity index (χ1v) is 6.89. The number of benzene rings is 1. The van der Waals surface area contributed by atoms with Crippen LogP contribution in [0.25, 0.3) is 0 Å². The summed E-state index contributed by atoms with van der Waals surface area (Å²) in [5, 5.41) is 8.83. The van der Waals surface area contributed by atoms with Crippen LogP contribution in [0.1, 0.15) is 16.8 Å². The van der Waals surface area contributed by atoms with Gasteiger partial charge in [-0.05, 0) is 12.1 Å². The van der Waals surface area contributed by atoms with E-state index in [0.29, 0.717) is 30.2 Å². The molecule has 1 aromatic rings. The largest absolute Gasteiger partial charge is 0.497 e. The minimum absolute atomic E-state index is 0.120. The zero-order chi connectivity index (χ0) is 16.1. The molecular formula is C15H19NO6. The van der Waals surface area contributed by atoms with Gasteiger partial charge in [-0.25, -0.2) is 0 Å². The van der Waals surface area contributed by atoms with Gasteiger partial charge in [0.1, 0.15) is 11.5 Å². The highest BCUT2D eigenvalue weighted by Gasteiger charge is 2.27. The Morgan fingerprint density at radius 3 is 2.45 bits per heavy atom. The maximum Gasteiger partial charge on any atom is 0.306 e. The molecule has 2 rings (SSSR count). The van der Waals surface area contributed by atoms with Gasteiger partial charge >= 0.3 is 5.97 Å². The molecule has 0 bridgehead atoms. The van der Waals surface area contributed by atoms with Crippen LogP contribution in [0.2, 0.25) is 0 Å². The number of amides is 1. The van der Waals surface area contributed by atoms with E-state index < -0.39 is 12.1 Å². The molecular weight excluding hydrogens is 290 g/mol. The van der Waals surface area contributed by atoms with Crippen molar-refractivity contribution in [2.75, 3.05) is 33.9 Å². The lowest BCUT2D eigenvalue weighted by Crippen LogP contribution is -2.46. The number of ether oxygens (including phenoxy) is 3. The number of aliphatic carboxylic acids is 1. The highest BCUT2D eigenvalue weighted by atomic mass is 16.5. The van der Waals surface area contributed by atoms with Crippen LogP contribution in [0.5, 0.6) is 11.5 Å². The van der Waals surface area contributed by atoms with Crippen molar-refractivity contribution in [1.29, 1.82) is 0 Å². The Morgan fingerprint density at radius 1 is 1.27 bits per heavy atom. The van der Waals surface area contributed by atoms with Crippen LogP contribution in [-0.4, -0.2) is 61.9 Å². The third-order valence-electron chi connectivity index (χ3n) is 3.43. The molecule has 0 aromatic heterocycles. The van der Waals surface area contributed by atoms with E-state index in [1.165, 1.54) is 14.2 Å². The average Bonchev–Trinajstić information content (AvgIpc) is 2.53. The Kier molecular flexibility index (Phi) is 5.21. The fourth-order valence-electron chi connectivity index (χ4n) is 2.34. The fraction of sp³-hybridized carbons (Fsp3) is 0.467. The summed E-state index contributed by atoms with van der Waals surface area (Å²) in [6.07, 6.45) is -0.603. The lowest BCUT2D eigenvalue weighted by Gasteiger charge is -2.32. The van der Waals surface area contributed by atoms with Gasteiger partial charge in [0.25, 0.3) is 5.91 Å². The standard InChI is InChI=1S/C15H19NO6/c1-20-11-5-10(6-12(7-11)21-2)15(19)16-3-4-22-13(9-16)8-14(17)18/h5-7,13H,3-4,8-9H2,1-2H3,(H,17,18). The fourth-order valence-corrected chi connectivity index (χ4v) is 2.34. The van der Waals surface area contributed by atoms with E-state index in [-0.39, 0.29) is 18.9 Å². The van der Waals surface area contributed by atoms with E-state index in [2.05, 4.69) is 0 Å². The summed E-state index contributed by atoms with van der Waals surface area (Å²) in [6.45, 7) is 1.00. The lowest BCUT2D eigenvalue weighted by atomic mass is 10.1. The Bertz CT molecular complexity index is 537. The lowest BCUT2D eigenvalue weighted by molar-refractivity contribution is -0.141. The molecule has 7 heteroatoms. The molecule has 1 saturated heterocycles. The smallest absolute Gasteiger partial charge is 0.306 e. The number of hydrogen-bond donors (Lipinski definition) is 1. The number of carbonyl (C=O) groups is 2. The van der Waals surface area contributed by atoms with Crippen molar-refractivity contribution in [2.45, 2.75) is 12.5 Å². The minimum atomic E-state index is -0.942. The molecule has 0 saturated carbocycles. The van der Waals surface area contributed by atoms with Gasteiger partial charge in [0.2, 0.25) is 0 Å². The number of nitrogens with zero attached hydrogens (tertiary/aromatic N) is 1. The second-order valence-corrected chi connectivity index (χ2v) is 4.94. The Labute approximate surface area is 128 Å². The van der Waals surface area contributed by atoms with Crippen molar-refractivity contribution < 1.29 is 28.9 Å². The van der Waals surface area contributed by atoms with Crippen LogP contribution >= 0.6 is 0 Å². The SMILES string of the molecule is COc1cc(OC)cc(C(=O)N2CCOC(CC(=O)O)C2)c1. The predicted octanol–water partition coefficient (Wildman–Crippen LogP) is 1.02. The van der Waals surface area contributed by atoms with Gasteiger partial charge in [0.05, 0.1) is 33.4 Å². The number of carboxylic acids is 1. The molecule has 1 atom stereocenters. The number of morpholine rings is 1. The molecule has 0 aliphatic carbocycles. The van der Waals surface area contributed by atoms with Gasteiger partial charge in [-0.3, -0.25) is 9.59 Å². The number of hydrogen-bond acceptors (Lipinski definition) is 5. The second kappa shape index (κ2) is 7.13. The molecule has 1 aliphatic rings. The maximum atomic E-state index is 12.6. The summed E-state index contributed by atoms with van der Waals surface area (Å²) in [5.74, 6) is -0.0886. The zero-order valence-corrected chi connectivity index (χ0v) is 12.6. The molecule has 1 amide bonds. The zero-order valence-electron chi connectivity index (χ0n) is 12.6. The highest BCUT2D eigenvalue weighted by Crippen LogP contribution is 2.24. The first-order valence-electron chi connectivity index (χ1n) is 6.89. The maximum absolute atomic E-state index is 12.6. The topological polar surface area (TPSA) is 85.3 Å². The number of rotatable bonds is 5. The summed E-state index contributed by atoms with van der Waals surface area (Å²) < 4.78 is 15.7. The number of carboxylic acid groups (broad SMARTS) is 1. The van der Waals surface area contributed by atoms with Crippen LogP contribution in [0.4, 0.5) is 0 Å². The summed E-state index contributed by atoms with van der Waals surface area (Å²) in [4.78, 5) is 24.9. The monoisotopic (exact) mass is 309 g/mol. The van der Waals surface area contributed by atoms with Crippen LogP contribution in [0.15, 0.2) is 18.2 Å². The molecule has 0 radical (unpaired) electrons. The third kappa shape index (κ3) is 3.88. The first-order chi connectivity index (χ1) is 10.5. The molecule has 1 N–H and O–H groups in total. The molecule has 1 fully saturated rings. The van der Waals surface area contributed by atoms with Crippen LogP contribution < -0.4 is 9.47 Å². The summed E-state index contributed by atoms with van der Waals surface area (Å²) >= 11 is 0. The summed E-state index contributed by atoms with van der Waals surface area (Å²) in [7, 11) is 3.03. The van der Waals surface area contributed by atoms with Crippen LogP contribution in [0.3, 0.4) is 0 Å². The van der Waals surface area contributed by atoms with Gasteiger partial charge in [-0.15, -0.1) is 0 Å². The van der Waals surface area contributed by atoms with Crippen molar-refractivity contribution in [3.63, 3.8) is 0 Å². The molecule has 120 valence electrons. The molecule has 0 spiro atoms. The van der Waals surface area contributed by atoms with E-state index in [1.54, 1.807) is 23.1 Å². The van der Waals surface area contributed by atoms with Gasteiger partial charge in [-0.1, -0.05) is 0 Å². The number of carbonyl (C=O) groups excluding carboxylic acids is 1. The summed E-state index contributed by atoms with van der Waals surface area (Å²) in [6, 6.07) is 4.95. The molecule has 1 unspecified atom stereocenters. The Hall–Kier alpha value is -2.28. The molecule has 1 aliphatic heterocycles. The molecule has 7 nitrogen and oxygen atoms in total. The van der Waals surface area contributed by atoms with Crippen molar-refractivity contribution in [1.82, 2.24) is 4.90 Å². The van der Waals surface area contributed by atoms with Crippen LogP contribution in [-0.2, 0) is 9.53 Å². The van der Waals surface area contributed by atoms with Gasteiger partial charge in [-0.2, -0.15) is 0 Å². The molecule has 22 heavy (non-hydrogen) atoms. The van der Waals surface area contributed by atoms with Gasteiger partial charge < -0.3 is 24.2 Å². The summed E-state index contributed by atoms with van der Waals surface area (Å²) in [5.41, 5.74) is 0.437. The first kappa shape index (κ1) is 16.1. The van der Waals surface area contributed by atoms with E-state index >= 15 is 0 Å². The highest BCUT2D eigenvalue weighted by molar-refractivity contribution is 5.95. The van der Waals surface area contributed by atoms with Crippen molar-refractivity contribution in [2.24, 2.45) is 0 Å². The van der Waals surface area contributed by atoms with Crippen molar-refractivity contribution >= 4 is 11.9 Å². The Balaban J connectivity index is 2.14. The second-order valence-electron chi connectivity index (χ2n) is 4.94. The predicted molar refractivity (Wildman–Crippen MR) is 77.4 cm³/mol. The van der Waals surface area contributed by atoms with E-state index in [9.17, 15) is 9.59 Å². The Morgan fingerprint density at radius 2 is 1.91 bits per heavy atom. The average molecular weight is 309 g/mol. The van der Waals surface area contributed by atoms with Gasteiger partial charge in [0, 0.05) is 24.7 Å². The minimum Gasteiger partial charge on any atom is -0.497 e. The van der Waals surface area contributed by atoms with E-state index in [1.807, 2.05) is 0 Å². The van der Waals surface area contributed by atoms with E-state index in [0.717, 1.165) is 0 Å². The van der Waals surface area contributed by atoms with Crippen molar-refractivity contribution in [3.05, 3.63) is 23.8 Å². The normalized spacial score (nSPS) is 17.9. The quantitative estimate of drug-likeness (QED) is 0.874. The molecule has 1 aromatic carbocycles. The third-order valence-corrected chi connectivity index (χ3v) is 3.43. The van der Waals surface area contributed by atoms with E-state index in [4.69, 9.17) is 19.3 Å². The van der Waals surface area contributed by atoms with Crippen molar-refractivity contribution in [3.8, 4) is 11.5 Å².